The molecular formula is C24H34Cl2N2O. The highest BCUT2D eigenvalue weighted by molar-refractivity contribution is 6.42. The van der Waals surface area contributed by atoms with Gasteiger partial charge in [0.1, 0.15) is 5.76 Å². The maximum atomic E-state index is 6.28. The van der Waals surface area contributed by atoms with Crippen LogP contribution in [-0.4, -0.2) is 31.6 Å². The molecular weight excluding hydrogens is 403 g/mol. The Morgan fingerprint density at radius 1 is 1.14 bits per heavy atom. The number of methoxy groups -OCH3 is 1. The van der Waals surface area contributed by atoms with E-state index in [2.05, 4.69) is 36.1 Å². The van der Waals surface area contributed by atoms with E-state index in [4.69, 9.17) is 33.7 Å². The first-order valence-corrected chi connectivity index (χ1v) is 11.5. The van der Waals surface area contributed by atoms with Crippen molar-refractivity contribution in [1.29, 1.82) is 0 Å². The molecule has 0 saturated heterocycles. The van der Waals surface area contributed by atoms with Crippen molar-refractivity contribution in [2.45, 2.75) is 45.6 Å². The van der Waals surface area contributed by atoms with E-state index in [9.17, 15) is 0 Å². The summed E-state index contributed by atoms with van der Waals surface area (Å²) in [6.07, 6.45) is 12.7. The van der Waals surface area contributed by atoms with Crippen LogP contribution in [0.3, 0.4) is 0 Å². The summed E-state index contributed by atoms with van der Waals surface area (Å²) in [7, 11) is 1.73. The van der Waals surface area contributed by atoms with Crippen LogP contribution < -0.4 is 5.73 Å². The summed E-state index contributed by atoms with van der Waals surface area (Å²) in [4.78, 5) is 2.60. The standard InChI is InChI=1S/C24H34Cl2N2O/c1-24(11-9-21(29-2)10-12-24)17-28(15-19-5-3-18(14-27)4-6-19)16-20-7-8-22(25)23(26)13-20/h7-11,13,18-19H,3-6,12,14-17,27H2,1-2H3. The van der Waals surface area contributed by atoms with Gasteiger partial charge in [0, 0.05) is 25.0 Å². The lowest BCUT2D eigenvalue weighted by Crippen LogP contribution is -2.39. The zero-order valence-corrected chi connectivity index (χ0v) is 19.2. The van der Waals surface area contributed by atoms with Gasteiger partial charge < -0.3 is 10.5 Å². The number of nitrogens with two attached hydrogens (primary N) is 1. The SMILES string of the molecule is COC1=CCC(C)(CN(Cc2ccc(Cl)c(Cl)c2)CC2CCC(CN)CC2)C=C1. The Hall–Kier alpha value is -1.00. The minimum Gasteiger partial charge on any atom is -0.497 e. The summed E-state index contributed by atoms with van der Waals surface area (Å²) in [6.45, 7) is 6.17. The highest BCUT2D eigenvalue weighted by Crippen LogP contribution is 2.34. The van der Waals surface area contributed by atoms with Crippen molar-refractivity contribution >= 4 is 23.2 Å². The van der Waals surface area contributed by atoms with Crippen molar-refractivity contribution in [3.8, 4) is 0 Å². The molecule has 0 spiro atoms. The Labute approximate surface area is 185 Å². The van der Waals surface area contributed by atoms with Gasteiger partial charge in [-0.15, -0.1) is 0 Å². The minimum atomic E-state index is 0.104. The molecule has 0 aromatic heterocycles. The van der Waals surface area contributed by atoms with Gasteiger partial charge in [0.2, 0.25) is 0 Å². The van der Waals surface area contributed by atoms with Crippen molar-refractivity contribution in [1.82, 2.24) is 4.90 Å². The number of benzene rings is 1. The van der Waals surface area contributed by atoms with Crippen molar-refractivity contribution in [2.75, 3.05) is 26.7 Å². The number of hydrogen-bond acceptors (Lipinski definition) is 3. The summed E-state index contributed by atoms with van der Waals surface area (Å²) in [6, 6.07) is 6.00. The van der Waals surface area contributed by atoms with E-state index >= 15 is 0 Å². The van der Waals surface area contributed by atoms with Crippen LogP contribution in [0.15, 0.2) is 42.2 Å². The second kappa shape index (κ2) is 10.3. The maximum Gasteiger partial charge on any atom is 0.114 e. The van der Waals surface area contributed by atoms with E-state index in [0.29, 0.717) is 16.0 Å². The molecule has 1 unspecified atom stereocenters. The molecule has 2 N–H and O–H groups in total. The van der Waals surface area contributed by atoms with E-state index in [0.717, 1.165) is 44.3 Å². The molecule has 0 aliphatic heterocycles. The van der Waals surface area contributed by atoms with Gasteiger partial charge in [-0.1, -0.05) is 42.3 Å². The molecule has 29 heavy (non-hydrogen) atoms. The second-order valence-corrected chi connectivity index (χ2v) is 9.86. The molecule has 1 atom stereocenters. The predicted octanol–water partition coefficient (Wildman–Crippen LogP) is 6.06. The Balaban J connectivity index is 1.70. The largest absolute Gasteiger partial charge is 0.497 e. The van der Waals surface area contributed by atoms with E-state index in [-0.39, 0.29) is 5.41 Å². The number of allylic oxidation sites excluding steroid dienone is 2. The first-order chi connectivity index (χ1) is 13.9. The molecule has 3 rings (SSSR count). The summed E-state index contributed by atoms with van der Waals surface area (Å²) in [5, 5.41) is 1.24. The molecule has 2 aliphatic rings. The fourth-order valence-corrected chi connectivity index (χ4v) is 4.95. The number of nitrogens with zero attached hydrogens (tertiary/aromatic N) is 1. The number of hydrogen-bond donors (Lipinski definition) is 1. The molecule has 0 radical (unpaired) electrons. The van der Waals surface area contributed by atoms with E-state index in [1.165, 1.54) is 31.2 Å². The van der Waals surface area contributed by atoms with Crippen LogP contribution in [0.25, 0.3) is 0 Å². The molecule has 160 valence electrons. The van der Waals surface area contributed by atoms with Gasteiger partial charge in [0.05, 0.1) is 17.2 Å². The average molecular weight is 437 g/mol. The fraction of sp³-hybridized carbons (Fsp3) is 0.583. The molecule has 2 aliphatic carbocycles. The first-order valence-electron chi connectivity index (χ1n) is 10.7. The van der Waals surface area contributed by atoms with Crippen LogP contribution in [0.2, 0.25) is 10.0 Å². The van der Waals surface area contributed by atoms with Gasteiger partial charge in [-0.3, -0.25) is 4.90 Å². The highest BCUT2D eigenvalue weighted by atomic mass is 35.5. The van der Waals surface area contributed by atoms with Crippen LogP contribution >= 0.6 is 23.2 Å². The summed E-state index contributed by atoms with van der Waals surface area (Å²) >= 11 is 12.4. The third-order valence-corrected chi connectivity index (χ3v) is 7.19. The second-order valence-electron chi connectivity index (χ2n) is 9.04. The lowest BCUT2D eigenvalue weighted by molar-refractivity contribution is 0.138. The van der Waals surface area contributed by atoms with Gasteiger partial charge in [0.25, 0.3) is 0 Å². The Morgan fingerprint density at radius 2 is 1.86 bits per heavy atom. The zero-order valence-electron chi connectivity index (χ0n) is 17.7. The van der Waals surface area contributed by atoms with Gasteiger partial charge >= 0.3 is 0 Å². The van der Waals surface area contributed by atoms with E-state index in [1.54, 1.807) is 7.11 Å². The Bertz CT molecular complexity index is 740. The number of rotatable bonds is 8. The van der Waals surface area contributed by atoms with E-state index in [1.807, 2.05) is 12.1 Å². The fourth-order valence-electron chi connectivity index (χ4n) is 4.63. The monoisotopic (exact) mass is 436 g/mol. The van der Waals surface area contributed by atoms with Gasteiger partial charge in [-0.25, -0.2) is 0 Å². The molecule has 0 amide bonds. The molecule has 1 fully saturated rings. The van der Waals surface area contributed by atoms with Crippen LogP contribution in [0.4, 0.5) is 0 Å². The van der Waals surface area contributed by atoms with Crippen LogP contribution in [0.1, 0.15) is 44.6 Å². The molecule has 0 bridgehead atoms. The van der Waals surface area contributed by atoms with E-state index < -0.39 is 0 Å². The van der Waals surface area contributed by atoms with Crippen molar-refractivity contribution in [2.24, 2.45) is 23.0 Å². The molecule has 0 heterocycles. The highest BCUT2D eigenvalue weighted by Gasteiger charge is 2.29. The quantitative estimate of drug-likeness (QED) is 0.538. The van der Waals surface area contributed by atoms with Crippen LogP contribution in [0, 0.1) is 17.3 Å². The van der Waals surface area contributed by atoms with Crippen LogP contribution in [-0.2, 0) is 11.3 Å². The Morgan fingerprint density at radius 3 is 2.45 bits per heavy atom. The number of ether oxygens (including phenoxy) is 1. The normalized spacial score (nSPS) is 27.2. The third-order valence-electron chi connectivity index (χ3n) is 6.45. The average Bonchev–Trinajstić information content (AvgIpc) is 2.72. The molecule has 1 aromatic rings. The third kappa shape index (κ3) is 6.49. The van der Waals surface area contributed by atoms with Crippen LogP contribution in [0.5, 0.6) is 0 Å². The zero-order chi connectivity index (χ0) is 20.9. The predicted molar refractivity (Wildman–Crippen MR) is 123 cm³/mol. The first kappa shape index (κ1) is 22.7. The molecule has 3 nitrogen and oxygen atoms in total. The van der Waals surface area contributed by atoms with Gasteiger partial charge in [-0.2, -0.15) is 0 Å². The summed E-state index contributed by atoms with van der Waals surface area (Å²) in [5.41, 5.74) is 7.20. The summed E-state index contributed by atoms with van der Waals surface area (Å²) < 4.78 is 5.37. The van der Waals surface area contributed by atoms with Gasteiger partial charge in [0.15, 0.2) is 0 Å². The molecule has 5 heteroatoms. The lowest BCUT2D eigenvalue weighted by Gasteiger charge is -2.38. The minimum absolute atomic E-state index is 0.104. The molecule has 1 aromatic carbocycles. The lowest BCUT2D eigenvalue weighted by atomic mass is 9.80. The van der Waals surface area contributed by atoms with Gasteiger partial charge in [-0.05, 0) is 80.3 Å². The van der Waals surface area contributed by atoms with Crippen molar-refractivity contribution in [3.63, 3.8) is 0 Å². The smallest absolute Gasteiger partial charge is 0.114 e. The Kier molecular flexibility index (Phi) is 8.09. The number of halogens is 2. The maximum absolute atomic E-state index is 6.28. The topological polar surface area (TPSA) is 38.5 Å². The molecule has 1 saturated carbocycles. The van der Waals surface area contributed by atoms with Crippen molar-refractivity contribution < 1.29 is 4.74 Å². The van der Waals surface area contributed by atoms with Crippen molar-refractivity contribution in [3.05, 3.63) is 57.8 Å². The summed E-state index contributed by atoms with van der Waals surface area (Å²) in [5.74, 6) is 2.41.